The number of ether oxygens (including phenoxy) is 1. The number of aliphatic hydroxyl groups excluding tert-OH is 1. The average Bonchev–Trinajstić information content (AvgIpc) is 2.85. The minimum absolute atomic E-state index is 0.338. The van der Waals surface area contributed by atoms with Crippen molar-refractivity contribution in [3.8, 4) is 0 Å². The fourth-order valence-electron chi connectivity index (χ4n) is 1.55. The highest BCUT2D eigenvalue weighted by Gasteiger charge is 2.14. The van der Waals surface area contributed by atoms with E-state index in [9.17, 15) is 9.50 Å². The van der Waals surface area contributed by atoms with Crippen LogP contribution in [0.3, 0.4) is 0 Å². The zero-order valence-electron chi connectivity index (χ0n) is 9.95. The Labute approximate surface area is 104 Å². The van der Waals surface area contributed by atoms with Gasteiger partial charge < -0.3 is 9.84 Å². The van der Waals surface area contributed by atoms with Gasteiger partial charge in [0.2, 0.25) is 0 Å². The van der Waals surface area contributed by atoms with Crippen LogP contribution in [0.25, 0.3) is 0 Å². The predicted molar refractivity (Wildman–Crippen MR) is 62.4 cm³/mol. The number of halogens is 1. The molecule has 1 unspecified atom stereocenters. The molecule has 1 aromatic heterocycles. The number of methoxy groups -OCH3 is 1. The molecular formula is C12H14FN3O2. The second-order valence-corrected chi connectivity index (χ2v) is 3.85. The molecule has 5 nitrogen and oxygen atoms in total. The molecule has 0 saturated carbocycles. The van der Waals surface area contributed by atoms with Crippen molar-refractivity contribution in [2.75, 3.05) is 13.7 Å². The molecule has 1 atom stereocenters. The molecule has 0 amide bonds. The minimum atomic E-state index is -0.901. The third-order valence-corrected chi connectivity index (χ3v) is 2.55. The van der Waals surface area contributed by atoms with E-state index in [4.69, 9.17) is 4.74 Å². The van der Waals surface area contributed by atoms with Gasteiger partial charge >= 0.3 is 0 Å². The van der Waals surface area contributed by atoms with Crippen molar-refractivity contribution in [2.45, 2.75) is 12.6 Å². The molecule has 0 radical (unpaired) electrons. The van der Waals surface area contributed by atoms with Gasteiger partial charge in [0, 0.05) is 7.11 Å². The van der Waals surface area contributed by atoms with Gasteiger partial charge in [-0.15, -0.1) is 5.10 Å². The number of benzene rings is 1. The number of aliphatic hydroxyl groups is 1. The van der Waals surface area contributed by atoms with Gasteiger partial charge in [-0.25, -0.2) is 9.07 Å². The molecule has 1 aromatic carbocycles. The van der Waals surface area contributed by atoms with Gasteiger partial charge in [-0.1, -0.05) is 17.3 Å². The van der Waals surface area contributed by atoms with Crippen LogP contribution in [0.15, 0.2) is 30.5 Å². The molecule has 0 aliphatic rings. The molecule has 2 rings (SSSR count). The quantitative estimate of drug-likeness (QED) is 0.865. The monoisotopic (exact) mass is 251 g/mol. The van der Waals surface area contributed by atoms with Crippen molar-refractivity contribution in [1.29, 1.82) is 0 Å². The molecule has 0 aliphatic heterocycles. The molecule has 0 aliphatic carbocycles. The van der Waals surface area contributed by atoms with Crippen LogP contribution in [0.1, 0.15) is 17.4 Å². The van der Waals surface area contributed by atoms with Gasteiger partial charge in [-0.3, -0.25) is 0 Å². The van der Waals surface area contributed by atoms with Crippen molar-refractivity contribution < 1.29 is 14.2 Å². The van der Waals surface area contributed by atoms with E-state index in [0.29, 0.717) is 24.4 Å². The number of hydrogen-bond donors (Lipinski definition) is 1. The SMILES string of the molecule is COCCn1cc(C(O)c2ccc(F)cc2)nn1. The summed E-state index contributed by atoms with van der Waals surface area (Å²) in [6, 6.07) is 5.64. The summed E-state index contributed by atoms with van der Waals surface area (Å²) < 4.78 is 19.3. The van der Waals surface area contributed by atoms with Gasteiger partial charge in [-0.05, 0) is 17.7 Å². The fourth-order valence-corrected chi connectivity index (χ4v) is 1.55. The van der Waals surface area contributed by atoms with Gasteiger partial charge in [0.1, 0.15) is 17.6 Å². The van der Waals surface area contributed by atoms with Crippen LogP contribution in [0, 0.1) is 5.82 Å². The molecule has 1 heterocycles. The third-order valence-electron chi connectivity index (χ3n) is 2.55. The van der Waals surface area contributed by atoms with E-state index in [1.165, 1.54) is 24.3 Å². The highest BCUT2D eigenvalue weighted by atomic mass is 19.1. The highest BCUT2D eigenvalue weighted by molar-refractivity contribution is 5.24. The van der Waals surface area contributed by atoms with E-state index in [2.05, 4.69) is 10.3 Å². The van der Waals surface area contributed by atoms with Crippen molar-refractivity contribution >= 4 is 0 Å². The number of aromatic nitrogens is 3. The molecule has 0 bridgehead atoms. The number of hydrogen-bond acceptors (Lipinski definition) is 4. The third kappa shape index (κ3) is 2.91. The number of rotatable bonds is 5. The van der Waals surface area contributed by atoms with Crippen molar-refractivity contribution in [2.24, 2.45) is 0 Å². The van der Waals surface area contributed by atoms with E-state index in [1.54, 1.807) is 18.0 Å². The smallest absolute Gasteiger partial charge is 0.124 e. The summed E-state index contributed by atoms with van der Waals surface area (Å²) in [6.45, 7) is 1.09. The topological polar surface area (TPSA) is 60.2 Å². The Kier molecular flexibility index (Phi) is 4.01. The Hall–Kier alpha value is -1.79. The molecule has 0 spiro atoms. The molecule has 18 heavy (non-hydrogen) atoms. The zero-order chi connectivity index (χ0) is 13.0. The van der Waals surface area contributed by atoms with E-state index in [-0.39, 0.29) is 5.82 Å². The van der Waals surface area contributed by atoms with Crippen molar-refractivity contribution in [3.05, 3.63) is 47.5 Å². The highest BCUT2D eigenvalue weighted by Crippen LogP contribution is 2.19. The van der Waals surface area contributed by atoms with Gasteiger partial charge in [0.15, 0.2) is 0 Å². The maximum Gasteiger partial charge on any atom is 0.124 e. The average molecular weight is 251 g/mol. The van der Waals surface area contributed by atoms with Crippen molar-refractivity contribution in [1.82, 2.24) is 15.0 Å². The van der Waals surface area contributed by atoms with Gasteiger partial charge in [0.05, 0.1) is 19.3 Å². The van der Waals surface area contributed by atoms with Crippen LogP contribution < -0.4 is 0 Å². The summed E-state index contributed by atoms with van der Waals surface area (Å²) in [4.78, 5) is 0. The van der Waals surface area contributed by atoms with E-state index < -0.39 is 6.10 Å². The Balaban J connectivity index is 2.10. The number of nitrogens with zero attached hydrogens (tertiary/aromatic N) is 3. The van der Waals surface area contributed by atoms with Gasteiger partial charge in [0.25, 0.3) is 0 Å². The standard InChI is InChI=1S/C12H14FN3O2/c1-18-7-6-16-8-11(14-15-16)12(17)9-2-4-10(13)5-3-9/h2-5,8,12,17H,6-7H2,1H3. The lowest BCUT2D eigenvalue weighted by molar-refractivity contribution is 0.182. The summed E-state index contributed by atoms with van der Waals surface area (Å²) in [5, 5.41) is 17.8. The summed E-state index contributed by atoms with van der Waals surface area (Å²) in [5.41, 5.74) is 1.01. The second-order valence-electron chi connectivity index (χ2n) is 3.85. The molecule has 1 N–H and O–H groups in total. The molecule has 2 aromatic rings. The van der Waals surface area contributed by atoms with Crippen LogP contribution in [-0.2, 0) is 11.3 Å². The lowest BCUT2D eigenvalue weighted by atomic mass is 10.1. The Morgan fingerprint density at radius 2 is 2.11 bits per heavy atom. The van der Waals surface area contributed by atoms with Crippen LogP contribution in [0.4, 0.5) is 4.39 Å². The van der Waals surface area contributed by atoms with E-state index in [1.807, 2.05) is 0 Å². The van der Waals surface area contributed by atoms with Crippen LogP contribution in [-0.4, -0.2) is 33.8 Å². The summed E-state index contributed by atoms with van der Waals surface area (Å²) in [7, 11) is 1.60. The van der Waals surface area contributed by atoms with Crippen molar-refractivity contribution in [3.63, 3.8) is 0 Å². The van der Waals surface area contributed by atoms with Gasteiger partial charge in [-0.2, -0.15) is 0 Å². The predicted octanol–water partition coefficient (Wildman–Crippen LogP) is 1.15. The fraction of sp³-hybridized carbons (Fsp3) is 0.333. The van der Waals surface area contributed by atoms with Crippen LogP contribution in [0.2, 0.25) is 0 Å². The summed E-state index contributed by atoms with van der Waals surface area (Å²) in [5.74, 6) is -0.338. The second kappa shape index (κ2) is 5.70. The first kappa shape index (κ1) is 12.7. The summed E-state index contributed by atoms with van der Waals surface area (Å²) >= 11 is 0. The first-order chi connectivity index (χ1) is 8.70. The maximum absolute atomic E-state index is 12.8. The first-order valence-corrected chi connectivity index (χ1v) is 5.53. The molecule has 96 valence electrons. The Morgan fingerprint density at radius 1 is 1.39 bits per heavy atom. The normalized spacial score (nSPS) is 12.6. The first-order valence-electron chi connectivity index (χ1n) is 5.53. The molecule has 0 fully saturated rings. The lowest BCUT2D eigenvalue weighted by Gasteiger charge is -2.06. The largest absolute Gasteiger partial charge is 0.383 e. The maximum atomic E-state index is 12.8. The van der Waals surface area contributed by atoms with E-state index >= 15 is 0 Å². The van der Waals surface area contributed by atoms with Crippen LogP contribution in [0.5, 0.6) is 0 Å². The Bertz CT molecular complexity index is 498. The zero-order valence-corrected chi connectivity index (χ0v) is 9.95. The molecular weight excluding hydrogens is 237 g/mol. The molecule has 6 heteroatoms. The summed E-state index contributed by atoms with van der Waals surface area (Å²) in [6.07, 6.45) is 0.745. The minimum Gasteiger partial charge on any atom is -0.383 e. The van der Waals surface area contributed by atoms with E-state index in [0.717, 1.165) is 0 Å². The van der Waals surface area contributed by atoms with Crippen LogP contribution >= 0.6 is 0 Å². The molecule has 0 saturated heterocycles. The lowest BCUT2D eigenvalue weighted by Crippen LogP contribution is -2.04. The Morgan fingerprint density at radius 3 is 2.78 bits per heavy atom.